The van der Waals surface area contributed by atoms with E-state index in [9.17, 15) is 0 Å². The predicted molar refractivity (Wildman–Crippen MR) is 119 cm³/mol. The fraction of sp³-hybridized carbons (Fsp3) is 0.318. The quantitative estimate of drug-likeness (QED) is 0.488. The largest absolute Gasteiger partial charge is 0.316 e. The number of benzene rings is 1. The minimum atomic E-state index is 0.850. The molecular formula is C22H24N6S. The zero-order valence-corrected chi connectivity index (χ0v) is 17.5. The molecule has 3 aromatic heterocycles. The first-order chi connectivity index (χ1) is 14.2. The van der Waals surface area contributed by atoms with E-state index in [4.69, 9.17) is 4.98 Å². The number of thiazole rings is 1. The molecule has 0 saturated carbocycles. The van der Waals surface area contributed by atoms with Crippen LogP contribution in [0.5, 0.6) is 0 Å². The Morgan fingerprint density at radius 2 is 2.00 bits per heavy atom. The molecule has 1 aliphatic heterocycles. The van der Waals surface area contributed by atoms with Gasteiger partial charge in [0.05, 0.1) is 15.9 Å². The molecule has 0 radical (unpaired) electrons. The minimum absolute atomic E-state index is 0.850. The molecule has 0 unspecified atom stereocenters. The molecule has 5 rings (SSSR count). The number of rotatable bonds is 5. The fourth-order valence-electron chi connectivity index (χ4n) is 4.06. The van der Waals surface area contributed by atoms with Crippen molar-refractivity contribution >= 4 is 32.5 Å². The number of nitrogens with one attached hydrogen (secondary N) is 2. The number of fused-ring (bicyclic) bond motifs is 1. The Labute approximate surface area is 174 Å². The van der Waals surface area contributed by atoms with Crippen molar-refractivity contribution in [3.05, 3.63) is 53.5 Å². The summed E-state index contributed by atoms with van der Waals surface area (Å²) in [5, 5.41) is 11.6. The van der Waals surface area contributed by atoms with Crippen LogP contribution in [0.4, 0.5) is 10.9 Å². The third-order valence-electron chi connectivity index (χ3n) is 5.47. The smallest absolute Gasteiger partial charge is 0.189 e. The SMILES string of the molecule is Cc1n[nH]c(C)c1-c1ccc2nc(Nc3cc(CN4CCCC4)ccn3)sc2c1. The monoisotopic (exact) mass is 404 g/mol. The van der Waals surface area contributed by atoms with Crippen molar-refractivity contribution in [2.45, 2.75) is 33.2 Å². The van der Waals surface area contributed by atoms with Crippen LogP contribution in [0, 0.1) is 13.8 Å². The molecule has 1 aliphatic rings. The van der Waals surface area contributed by atoms with Gasteiger partial charge >= 0.3 is 0 Å². The fourth-order valence-corrected chi connectivity index (χ4v) is 4.97. The van der Waals surface area contributed by atoms with Gasteiger partial charge in [-0.15, -0.1) is 0 Å². The minimum Gasteiger partial charge on any atom is -0.316 e. The summed E-state index contributed by atoms with van der Waals surface area (Å²) in [6.45, 7) is 7.47. The summed E-state index contributed by atoms with van der Waals surface area (Å²) in [7, 11) is 0. The average Bonchev–Trinajstić information content (AvgIpc) is 3.42. The maximum absolute atomic E-state index is 4.74. The van der Waals surface area contributed by atoms with Gasteiger partial charge in [0.2, 0.25) is 0 Å². The molecule has 29 heavy (non-hydrogen) atoms. The summed E-state index contributed by atoms with van der Waals surface area (Å²) in [6, 6.07) is 10.6. The second-order valence-electron chi connectivity index (χ2n) is 7.67. The number of hydrogen-bond donors (Lipinski definition) is 2. The molecule has 1 fully saturated rings. The standard InChI is InChI=1S/C22H24N6S/c1-14-21(15(2)27-26-14)17-5-6-18-19(12-17)29-22(24-18)25-20-11-16(7-8-23-20)13-28-9-3-4-10-28/h5-8,11-12H,3-4,9-10,13H2,1-2H3,(H,26,27)(H,23,24,25). The first-order valence-electron chi connectivity index (χ1n) is 10.0. The van der Waals surface area contributed by atoms with Crippen LogP contribution < -0.4 is 5.32 Å². The van der Waals surface area contributed by atoms with Gasteiger partial charge < -0.3 is 5.32 Å². The number of pyridine rings is 1. The van der Waals surface area contributed by atoms with Crippen LogP contribution in [0.3, 0.4) is 0 Å². The molecule has 2 N–H and O–H groups in total. The van der Waals surface area contributed by atoms with Gasteiger partial charge in [-0.3, -0.25) is 10.00 Å². The van der Waals surface area contributed by atoms with Crippen molar-refractivity contribution in [1.82, 2.24) is 25.1 Å². The van der Waals surface area contributed by atoms with E-state index in [2.05, 4.69) is 62.7 Å². The van der Waals surface area contributed by atoms with E-state index in [0.29, 0.717) is 0 Å². The molecule has 4 heterocycles. The van der Waals surface area contributed by atoms with Gasteiger partial charge in [0.15, 0.2) is 5.13 Å². The van der Waals surface area contributed by atoms with E-state index in [1.165, 1.54) is 42.6 Å². The van der Waals surface area contributed by atoms with E-state index in [1.54, 1.807) is 11.3 Å². The Balaban J connectivity index is 1.38. The highest BCUT2D eigenvalue weighted by atomic mass is 32.1. The maximum Gasteiger partial charge on any atom is 0.189 e. The second-order valence-corrected chi connectivity index (χ2v) is 8.70. The molecule has 1 aromatic carbocycles. The van der Waals surface area contributed by atoms with Gasteiger partial charge in [-0.1, -0.05) is 17.4 Å². The van der Waals surface area contributed by atoms with Crippen LogP contribution in [0.25, 0.3) is 21.3 Å². The van der Waals surface area contributed by atoms with Gasteiger partial charge in [0, 0.05) is 24.0 Å². The lowest BCUT2D eigenvalue weighted by atomic mass is 10.0. The Morgan fingerprint density at radius 3 is 2.79 bits per heavy atom. The van der Waals surface area contributed by atoms with Crippen LogP contribution in [-0.2, 0) is 6.54 Å². The Kier molecular flexibility index (Phi) is 4.77. The molecule has 0 amide bonds. The predicted octanol–water partition coefficient (Wildman–Crippen LogP) is 5.04. The van der Waals surface area contributed by atoms with Crippen molar-refractivity contribution in [1.29, 1.82) is 0 Å². The van der Waals surface area contributed by atoms with Crippen LogP contribution in [0.1, 0.15) is 29.8 Å². The van der Waals surface area contributed by atoms with Gasteiger partial charge in [0.25, 0.3) is 0 Å². The van der Waals surface area contributed by atoms with E-state index in [-0.39, 0.29) is 0 Å². The van der Waals surface area contributed by atoms with Crippen LogP contribution in [0.2, 0.25) is 0 Å². The van der Waals surface area contributed by atoms with E-state index < -0.39 is 0 Å². The summed E-state index contributed by atoms with van der Waals surface area (Å²) in [5.41, 5.74) is 6.73. The zero-order chi connectivity index (χ0) is 19.8. The van der Waals surface area contributed by atoms with E-state index in [0.717, 1.165) is 39.1 Å². The lowest BCUT2D eigenvalue weighted by Gasteiger charge is -2.14. The summed E-state index contributed by atoms with van der Waals surface area (Å²) < 4.78 is 1.15. The number of nitrogens with zero attached hydrogens (tertiary/aromatic N) is 4. The van der Waals surface area contributed by atoms with E-state index in [1.807, 2.05) is 13.1 Å². The van der Waals surface area contributed by atoms with Crippen molar-refractivity contribution in [2.24, 2.45) is 0 Å². The number of H-pyrrole nitrogens is 1. The van der Waals surface area contributed by atoms with Gasteiger partial charge in [-0.05, 0) is 75.2 Å². The van der Waals surface area contributed by atoms with Crippen LogP contribution >= 0.6 is 11.3 Å². The molecule has 0 bridgehead atoms. The van der Waals surface area contributed by atoms with Crippen molar-refractivity contribution in [3.8, 4) is 11.1 Å². The summed E-state index contributed by atoms with van der Waals surface area (Å²) in [6.07, 6.45) is 4.49. The lowest BCUT2D eigenvalue weighted by molar-refractivity contribution is 0.331. The number of aryl methyl sites for hydroxylation is 2. The summed E-state index contributed by atoms with van der Waals surface area (Å²) in [5.74, 6) is 0.850. The van der Waals surface area contributed by atoms with Gasteiger partial charge in [-0.25, -0.2) is 9.97 Å². The van der Waals surface area contributed by atoms with Crippen molar-refractivity contribution < 1.29 is 0 Å². The van der Waals surface area contributed by atoms with Crippen molar-refractivity contribution in [2.75, 3.05) is 18.4 Å². The maximum atomic E-state index is 4.74. The molecule has 7 heteroatoms. The third kappa shape index (κ3) is 3.75. The molecule has 1 saturated heterocycles. The highest BCUT2D eigenvalue weighted by molar-refractivity contribution is 7.22. The number of aromatic nitrogens is 4. The summed E-state index contributed by atoms with van der Waals surface area (Å²) >= 11 is 1.65. The molecular weight excluding hydrogens is 380 g/mol. The number of likely N-dealkylation sites (tertiary alicyclic amines) is 1. The molecule has 0 atom stereocenters. The number of hydrogen-bond acceptors (Lipinski definition) is 6. The van der Waals surface area contributed by atoms with Crippen LogP contribution in [0.15, 0.2) is 36.5 Å². The number of aromatic amines is 1. The Hall–Kier alpha value is -2.77. The second kappa shape index (κ2) is 7.57. The lowest BCUT2D eigenvalue weighted by Crippen LogP contribution is -2.18. The highest BCUT2D eigenvalue weighted by Crippen LogP contribution is 2.33. The first kappa shape index (κ1) is 18.3. The van der Waals surface area contributed by atoms with Gasteiger partial charge in [0.1, 0.15) is 5.82 Å². The summed E-state index contributed by atoms with van der Waals surface area (Å²) in [4.78, 5) is 11.7. The third-order valence-corrected chi connectivity index (χ3v) is 6.40. The normalized spacial score (nSPS) is 14.7. The molecule has 4 aromatic rings. The highest BCUT2D eigenvalue weighted by Gasteiger charge is 2.13. The molecule has 0 aliphatic carbocycles. The topological polar surface area (TPSA) is 69.7 Å². The first-order valence-corrected chi connectivity index (χ1v) is 10.8. The zero-order valence-electron chi connectivity index (χ0n) is 16.7. The molecule has 0 spiro atoms. The van der Waals surface area contributed by atoms with Crippen molar-refractivity contribution in [3.63, 3.8) is 0 Å². The molecule has 148 valence electrons. The average molecular weight is 405 g/mol. The van der Waals surface area contributed by atoms with Gasteiger partial charge in [-0.2, -0.15) is 5.10 Å². The van der Waals surface area contributed by atoms with E-state index >= 15 is 0 Å². The Bertz CT molecular complexity index is 1140. The number of anilines is 2. The van der Waals surface area contributed by atoms with Crippen LogP contribution in [-0.4, -0.2) is 38.2 Å². The molecule has 6 nitrogen and oxygen atoms in total. The Morgan fingerprint density at radius 1 is 1.14 bits per heavy atom.